The highest BCUT2D eigenvalue weighted by molar-refractivity contribution is 9.10. The zero-order valence-corrected chi connectivity index (χ0v) is 33.5. The van der Waals surface area contributed by atoms with Gasteiger partial charge in [-0.15, -0.1) is 0 Å². The van der Waals surface area contributed by atoms with Gasteiger partial charge in [-0.05, 0) is 101 Å². The number of ether oxygens (including phenoxy) is 3. The van der Waals surface area contributed by atoms with Crippen molar-refractivity contribution in [2.45, 2.75) is 19.9 Å². The third-order valence-electron chi connectivity index (χ3n) is 9.50. The van der Waals surface area contributed by atoms with Crippen molar-refractivity contribution < 1.29 is 23.2 Å². The number of rotatable bonds is 13. The van der Waals surface area contributed by atoms with Crippen LogP contribution in [-0.2, 0) is 6.54 Å². The van der Waals surface area contributed by atoms with Gasteiger partial charge >= 0.3 is 5.89 Å². The van der Waals surface area contributed by atoms with Gasteiger partial charge in [0.2, 0.25) is 11.5 Å². The minimum absolute atomic E-state index is 0.476. The van der Waals surface area contributed by atoms with Crippen LogP contribution in [0.3, 0.4) is 0 Å². The van der Waals surface area contributed by atoms with E-state index in [0.29, 0.717) is 26.3 Å². The Morgan fingerprint density at radius 2 is 1.25 bits per heavy atom. The van der Waals surface area contributed by atoms with Crippen LogP contribution in [0.4, 0.5) is 5.69 Å². The Hall–Kier alpha value is -5.57. The molecule has 0 saturated heterocycles. The van der Waals surface area contributed by atoms with Crippen molar-refractivity contribution >= 4 is 54.7 Å². The fourth-order valence-electron chi connectivity index (χ4n) is 6.63. The van der Waals surface area contributed by atoms with Crippen LogP contribution < -0.4 is 23.7 Å². The van der Waals surface area contributed by atoms with E-state index in [4.69, 9.17) is 18.6 Å². The first-order chi connectivity index (χ1) is 27.0. The molecule has 0 aliphatic carbocycles. The molecular weight excluding hydrogens is 816 g/mol. The number of oxazole rings is 1. The summed E-state index contributed by atoms with van der Waals surface area (Å²) in [5, 5.41) is 0. The molecule has 8 heteroatoms. The van der Waals surface area contributed by atoms with Crippen molar-refractivity contribution in [2.75, 3.05) is 24.7 Å². The molecule has 6 nitrogen and oxygen atoms in total. The van der Waals surface area contributed by atoms with Gasteiger partial charge in [0.05, 0.1) is 18.3 Å². The molecule has 2 heterocycles. The number of hydrogen-bond donors (Lipinski definition) is 0. The number of halogens is 2. The van der Waals surface area contributed by atoms with Crippen LogP contribution >= 0.6 is 31.9 Å². The van der Waals surface area contributed by atoms with Crippen LogP contribution in [0.5, 0.6) is 17.2 Å². The minimum Gasteiger partial charge on any atom is -0.492 e. The summed E-state index contributed by atoms with van der Waals surface area (Å²) < 4.78 is 29.8. The monoisotopic (exact) mass is 853 g/mol. The van der Waals surface area contributed by atoms with Crippen LogP contribution in [0.25, 0.3) is 39.4 Å². The van der Waals surface area contributed by atoms with Gasteiger partial charge in [0, 0.05) is 21.1 Å². The normalized spacial score (nSPS) is 13.3. The second kappa shape index (κ2) is 16.8. The molecule has 0 spiro atoms. The van der Waals surface area contributed by atoms with Crippen molar-refractivity contribution in [1.29, 1.82) is 0 Å². The van der Waals surface area contributed by atoms with Gasteiger partial charge < -0.3 is 23.5 Å². The van der Waals surface area contributed by atoms with E-state index in [-0.39, 0.29) is 0 Å². The molecule has 0 N–H and O–H groups in total. The number of nitrogens with zero attached hydrogens (tertiary/aromatic N) is 2. The number of fused-ring (bicyclic) bond motifs is 2. The molecule has 274 valence electrons. The van der Waals surface area contributed by atoms with E-state index in [1.54, 1.807) is 0 Å². The molecule has 0 fully saturated rings. The smallest absolute Gasteiger partial charge is 0.374 e. The Morgan fingerprint density at radius 1 is 0.673 bits per heavy atom. The number of hydrogen-bond acceptors (Lipinski definition) is 5. The fourth-order valence-corrected chi connectivity index (χ4v) is 7.16. The summed E-state index contributed by atoms with van der Waals surface area (Å²) in [6.07, 6.45) is 4.99. The Balaban J connectivity index is 1.14. The average Bonchev–Trinajstić information content (AvgIpc) is 3.74. The van der Waals surface area contributed by atoms with Gasteiger partial charge in [-0.3, -0.25) is 0 Å². The van der Waals surface area contributed by atoms with E-state index in [9.17, 15) is 0 Å². The van der Waals surface area contributed by atoms with E-state index < -0.39 is 0 Å². The van der Waals surface area contributed by atoms with Gasteiger partial charge in [0.1, 0.15) is 24.7 Å². The van der Waals surface area contributed by atoms with E-state index >= 15 is 0 Å². The quantitative estimate of drug-likeness (QED) is 0.108. The zero-order chi connectivity index (χ0) is 37.6. The van der Waals surface area contributed by atoms with Crippen molar-refractivity contribution in [3.63, 3.8) is 0 Å². The molecule has 7 aromatic rings. The molecule has 1 aliphatic heterocycles. The van der Waals surface area contributed by atoms with Crippen LogP contribution in [0.2, 0.25) is 0 Å². The first-order valence-corrected chi connectivity index (χ1v) is 19.9. The molecule has 0 saturated carbocycles. The van der Waals surface area contributed by atoms with Crippen molar-refractivity contribution in [3.8, 4) is 39.5 Å². The van der Waals surface area contributed by atoms with Crippen molar-refractivity contribution in [3.05, 3.63) is 178 Å². The van der Waals surface area contributed by atoms with Crippen LogP contribution in [-0.4, -0.2) is 19.8 Å². The summed E-state index contributed by atoms with van der Waals surface area (Å²) in [6, 6.07) is 49.3. The predicted octanol–water partition coefficient (Wildman–Crippen LogP) is 12.3. The summed E-state index contributed by atoms with van der Waals surface area (Å²) in [5.41, 5.74) is 8.33. The topological polar surface area (TPSA) is 48.0 Å². The fraction of sp³-hybridized carbons (Fsp3) is 0.128. The van der Waals surface area contributed by atoms with Gasteiger partial charge in [-0.2, -0.15) is 4.57 Å². The molecule has 0 amide bonds. The summed E-state index contributed by atoms with van der Waals surface area (Å²) >= 11 is 7.13. The second-order valence-electron chi connectivity index (χ2n) is 13.1. The zero-order valence-electron chi connectivity index (χ0n) is 30.3. The predicted molar refractivity (Wildman–Crippen MR) is 227 cm³/mol. The number of benzene rings is 6. The molecule has 1 aliphatic rings. The van der Waals surface area contributed by atoms with E-state index in [2.05, 4.69) is 145 Å². The molecule has 0 unspecified atom stereocenters. The Labute approximate surface area is 338 Å². The standard InChI is InChI=1S/C47H39Br2N2O4/c1-2-33(29-46-50(25-27-52-40-9-5-3-6-10-40)42-31-36(17-23-44(42)54-46)34-13-19-38(48)20-14-34)30-47-51(26-28-53-41-11-7-4-8-12-41)43-32-37(18-24-45(43)55-47)35-15-21-39(49)22-16-35/h3-24,29-32H,2,25-28H2,1H3/q+1. The van der Waals surface area contributed by atoms with Gasteiger partial charge in [-0.25, -0.2) is 0 Å². The lowest BCUT2D eigenvalue weighted by molar-refractivity contribution is -0.678. The molecule has 0 bridgehead atoms. The second-order valence-corrected chi connectivity index (χ2v) is 14.9. The molecule has 6 aromatic carbocycles. The lowest BCUT2D eigenvalue weighted by Gasteiger charge is -2.19. The Morgan fingerprint density at radius 3 is 1.89 bits per heavy atom. The third-order valence-corrected chi connectivity index (χ3v) is 10.6. The van der Waals surface area contributed by atoms with Gasteiger partial charge in [0.25, 0.3) is 5.52 Å². The molecule has 0 radical (unpaired) electrons. The van der Waals surface area contributed by atoms with E-state index in [1.807, 2.05) is 60.7 Å². The first kappa shape index (κ1) is 36.4. The Bertz CT molecular complexity index is 2460. The summed E-state index contributed by atoms with van der Waals surface area (Å²) in [4.78, 5) is 2.20. The van der Waals surface area contributed by atoms with Crippen molar-refractivity contribution in [1.82, 2.24) is 0 Å². The molecule has 0 atom stereocenters. The number of para-hydroxylation sites is 2. The summed E-state index contributed by atoms with van der Waals surface area (Å²) in [5.74, 6) is 3.94. The van der Waals surface area contributed by atoms with E-state index in [1.165, 1.54) is 0 Å². The lowest BCUT2D eigenvalue weighted by atomic mass is 10.0. The van der Waals surface area contributed by atoms with Crippen LogP contribution in [0.1, 0.15) is 19.2 Å². The lowest BCUT2D eigenvalue weighted by Crippen LogP contribution is -2.38. The van der Waals surface area contributed by atoms with Crippen molar-refractivity contribution in [2.24, 2.45) is 0 Å². The first-order valence-electron chi connectivity index (χ1n) is 18.4. The molecule has 55 heavy (non-hydrogen) atoms. The molecular formula is C47H39Br2N2O4+. The SMILES string of the molecule is CCC(=Cc1oc2ccc(-c3ccc(Br)cc3)cc2[n+]1CCOc1ccccc1)C=C1Oc2ccc(-c3ccc(Br)cc3)cc2N1CCOc1ccccc1. The van der Waals surface area contributed by atoms with E-state index in [0.717, 1.165) is 89.0 Å². The largest absolute Gasteiger partial charge is 0.492 e. The van der Waals surface area contributed by atoms with Gasteiger partial charge in [0.15, 0.2) is 12.3 Å². The van der Waals surface area contributed by atoms with Crippen LogP contribution in [0, 0.1) is 0 Å². The number of allylic oxidation sites excluding steroid dienone is 2. The third kappa shape index (κ3) is 8.56. The Kier molecular flexibility index (Phi) is 11.1. The summed E-state index contributed by atoms with van der Waals surface area (Å²) in [6.45, 7) is 4.29. The molecule has 8 rings (SSSR count). The maximum Gasteiger partial charge on any atom is 0.374 e. The average molecular weight is 856 g/mol. The maximum absolute atomic E-state index is 6.60. The maximum atomic E-state index is 6.60. The highest BCUT2D eigenvalue weighted by Gasteiger charge is 2.28. The summed E-state index contributed by atoms with van der Waals surface area (Å²) in [7, 11) is 0. The molecule has 1 aromatic heterocycles. The number of anilines is 1. The van der Waals surface area contributed by atoms with Crippen LogP contribution in [0.15, 0.2) is 176 Å². The minimum atomic E-state index is 0.476. The number of aromatic nitrogens is 1. The highest BCUT2D eigenvalue weighted by Crippen LogP contribution is 2.42. The highest BCUT2D eigenvalue weighted by atomic mass is 79.9. The van der Waals surface area contributed by atoms with Gasteiger partial charge in [-0.1, -0.05) is 112 Å².